The molecule has 0 saturated carbocycles. The van der Waals surface area contributed by atoms with Gasteiger partial charge in [-0.05, 0) is 17.8 Å². The highest BCUT2D eigenvalue weighted by atomic mass is 15.3. The second-order valence-corrected chi connectivity index (χ2v) is 5.95. The van der Waals surface area contributed by atoms with Crippen LogP contribution < -0.4 is 16.6 Å². The van der Waals surface area contributed by atoms with Crippen molar-refractivity contribution in [2.45, 2.75) is 47.5 Å². The monoisotopic (exact) mass is 265 g/mol. The van der Waals surface area contributed by atoms with Crippen LogP contribution in [0, 0.1) is 11.3 Å². The van der Waals surface area contributed by atoms with Crippen molar-refractivity contribution in [3.8, 4) is 0 Å². The van der Waals surface area contributed by atoms with Gasteiger partial charge in [-0.2, -0.15) is 0 Å². The average Bonchev–Trinajstić information content (AvgIpc) is 2.36. The van der Waals surface area contributed by atoms with Gasteiger partial charge < -0.3 is 10.7 Å². The molecule has 0 saturated heterocycles. The maximum atomic E-state index is 5.45. The van der Waals surface area contributed by atoms with Crippen molar-refractivity contribution in [3.63, 3.8) is 0 Å². The van der Waals surface area contributed by atoms with Crippen LogP contribution in [0.25, 0.3) is 0 Å². The predicted octanol–water partition coefficient (Wildman–Crippen LogP) is 2.81. The van der Waals surface area contributed by atoms with E-state index in [-0.39, 0.29) is 5.41 Å². The van der Waals surface area contributed by atoms with Crippen LogP contribution in [-0.4, -0.2) is 16.5 Å². The number of aryl methyl sites for hydroxylation is 1. The molecule has 0 aliphatic rings. The molecule has 0 unspecified atom stereocenters. The lowest BCUT2D eigenvalue weighted by atomic mass is 9.81. The molecule has 1 heterocycles. The first-order valence-electron chi connectivity index (χ1n) is 6.97. The van der Waals surface area contributed by atoms with Crippen LogP contribution in [-0.2, 0) is 6.42 Å². The summed E-state index contributed by atoms with van der Waals surface area (Å²) in [6.45, 7) is 12.0. The molecule has 5 nitrogen and oxygen atoms in total. The zero-order valence-corrected chi connectivity index (χ0v) is 12.7. The van der Waals surface area contributed by atoms with E-state index in [4.69, 9.17) is 5.84 Å². The number of anilines is 2. The van der Waals surface area contributed by atoms with Crippen molar-refractivity contribution in [1.29, 1.82) is 0 Å². The number of nitrogens with zero attached hydrogens (tertiary/aromatic N) is 2. The Kier molecular flexibility index (Phi) is 5.54. The molecule has 0 fully saturated rings. The molecule has 1 aromatic heterocycles. The molecule has 0 radical (unpaired) electrons. The van der Waals surface area contributed by atoms with Gasteiger partial charge in [0.2, 0.25) is 0 Å². The Balaban J connectivity index is 2.80. The SMILES string of the molecule is CCCc1nc(NN)cc(NCC(C)(C)C(C)C)n1. The van der Waals surface area contributed by atoms with E-state index in [2.05, 4.69) is 55.3 Å². The van der Waals surface area contributed by atoms with Crippen LogP contribution in [0.2, 0.25) is 0 Å². The van der Waals surface area contributed by atoms with E-state index in [9.17, 15) is 0 Å². The van der Waals surface area contributed by atoms with Gasteiger partial charge in [-0.25, -0.2) is 15.8 Å². The predicted molar refractivity (Wildman–Crippen MR) is 80.9 cm³/mol. The van der Waals surface area contributed by atoms with E-state index in [1.807, 2.05) is 6.07 Å². The number of hydrazine groups is 1. The maximum Gasteiger partial charge on any atom is 0.145 e. The molecule has 0 aromatic carbocycles. The summed E-state index contributed by atoms with van der Waals surface area (Å²) in [5, 5.41) is 3.39. The molecule has 0 spiro atoms. The number of nitrogen functional groups attached to an aromatic ring is 1. The summed E-state index contributed by atoms with van der Waals surface area (Å²) in [4.78, 5) is 8.85. The summed E-state index contributed by atoms with van der Waals surface area (Å²) < 4.78 is 0. The van der Waals surface area contributed by atoms with Gasteiger partial charge in [0, 0.05) is 19.0 Å². The number of hydrogen-bond acceptors (Lipinski definition) is 5. The van der Waals surface area contributed by atoms with E-state index in [0.717, 1.165) is 31.0 Å². The fraction of sp³-hybridized carbons (Fsp3) is 0.714. The lowest BCUT2D eigenvalue weighted by Crippen LogP contribution is -2.29. The zero-order chi connectivity index (χ0) is 14.5. The van der Waals surface area contributed by atoms with Crippen molar-refractivity contribution in [2.24, 2.45) is 17.2 Å². The molecule has 0 aliphatic heterocycles. The van der Waals surface area contributed by atoms with Crippen molar-refractivity contribution < 1.29 is 0 Å². The highest BCUT2D eigenvalue weighted by molar-refractivity contribution is 5.47. The third kappa shape index (κ3) is 4.67. The number of aromatic nitrogens is 2. The summed E-state index contributed by atoms with van der Waals surface area (Å²) >= 11 is 0. The molecule has 1 aromatic rings. The molecule has 0 amide bonds. The maximum absolute atomic E-state index is 5.45. The molecule has 0 aliphatic carbocycles. The average molecular weight is 265 g/mol. The lowest BCUT2D eigenvalue weighted by Gasteiger charge is -2.29. The molecule has 19 heavy (non-hydrogen) atoms. The molecule has 0 bridgehead atoms. The van der Waals surface area contributed by atoms with Gasteiger partial charge in [-0.3, -0.25) is 0 Å². The number of nitrogens with two attached hydrogens (primary N) is 1. The number of nitrogens with one attached hydrogen (secondary N) is 2. The van der Waals surface area contributed by atoms with Crippen LogP contribution in [0.15, 0.2) is 6.07 Å². The van der Waals surface area contributed by atoms with Crippen LogP contribution in [0.4, 0.5) is 11.6 Å². The van der Waals surface area contributed by atoms with Crippen LogP contribution in [0.5, 0.6) is 0 Å². The van der Waals surface area contributed by atoms with Gasteiger partial charge in [-0.1, -0.05) is 34.6 Å². The van der Waals surface area contributed by atoms with Gasteiger partial charge in [-0.15, -0.1) is 0 Å². The Morgan fingerprint density at radius 2 is 1.89 bits per heavy atom. The Morgan fingerprint density at radius 1 is 1.26 bits per heavy atom. The van der Waals surface area contributed by atoms with Gasteiger partial charge in [0.1, 0.15) is 17.5 Å². The van der Waals surface area contributed by atoms with Gasteiger partial charge in [0.05, 0.1) is 0 Å². The molecule has 0 atom stereocenters. The smallest absolute Gasteiger partial charge is 0.145 e. The van der Waals surface area contributed by atoms with Crippen LogP contribution in [0.3, 0.4) is 0 Å². The van der Waals surface area contributed by atoms with E-state index < -0.39 is 0 Å². The number of hydrogen-bond donors (Lipinski definition) is 3. The minimum Gasteiger partial charge on any atom is -0.369 e. The Hall–Kier alpha value is -1.36. The third-order valence-corrected chi connectivity index (χ3v) is 3.68. The largest absolute Gasteiger partial charge is 0.369 e. The molecular formula is C14H27N5. The van der Waals surface area contributed by atoms with E-state index >= 15 is 0 Å². The van der Waals surface area contributed by atoms with Crippen molar-refractivity contribution in [2.75, 3.05) is 17.3 Å². The quantitative estimate of drug-likeness (QED) is 0.522. The van der Waals surface area contributed by atoms with Crippen molar-refractivity contribution >= 4 is 11.6 Å². The summed E-state index contributed by atoms with van der Waals surface area (Å²) in [6, 6.07) is 1.84. The van der Waals surface area contributed by atoms with Gasteiger partial charge in [0.15, 0.2) is 0 Å². The standard InChI is InChI=1S/C14H27N5/c1-6-7-11-17-12(8-13(18-11)19-15)16-9-14(4,5)10(2)3/h8,10H,6-7,9,15H2,1-5H3,(H2,16,17,18,19). The topological polar surface area (TPSA) is 75.9 Å². The minimum atomic E-state index is 0.214. The van der Waals surface area contributed by atoms with Crippen LogP contribution >= 0.6 is 0 Å². The third-order valence-electron chi connectivity index (χ3n) is 3.68. The van der Waals surface area contributed by atoms with E-state index in [1.54, 1.807) is 0 Å². The first kappa shape index (κ1) is 15.7. The van der Waals surface area contributed by atoms with E-state index in [1.165, 1.54) is 0 Å². The van der Waals surface area contributed by atoms with E-state index in [0.29, 0.717) is 11.7 Å². The van der Waals surface area contributed by atoms with Crippen molar-refractivity contribution in [1.82, 2.24) is 9.97 Å². The minimum absolute atomic E-state index is 0.214. The van der Waals surface area contributed by atoms with Gasteiger partial charge in [0.25, 0.3) is 0 Å². The Bertz CT molecular complexity index is 401. The second-order valence-electron chi connectivity index (χ2n) is 5.95. The summed E-state index contributed by atoms with van der Waals surface area (Å²) in [5.41, 5.74) is 2.81. The number of rotatable bonds is 7. The normalized spacial score (nSPS) is 11.7. The van der Waals surface area contributed by atoms with Crippen LogP contribution in [0.1, 0.15) is 46.9 Å². The fourth-order valence-electron chi connectivity index (χ4n) is 1.52. The molecule has 4 N–H and O–H groups in total. The summed E-state index contributed by atoms with van der Waals surface area (Å²) in [7, 11) is 0. The first-order valence-corrected chi connectivity index (χ1v) is 6.97. The summed E-state index contributed by atoms with van der Waals surface area (Å²) in [6.07, 6.45) is 1.88. The molecular weight excluding hydrogens is 238 g/mol. The molecule has 1 rings (SSSR count). The zero-order valence-electron chi connectivity index (χ0n) is 12.7. The molecule has 108 valence electrons. The van der Waals surface area contributed by atoms with Gasteiger partial charge >= 0.3 is 0 Å². The van der Waals surface area contributed by atoms with Crippen molar-refractivity contribution in [3.05, 3.63) is 11.9 Å². The Morgan fingerprint density at radius 3 is 2.42 bits per heavy atom. The summed E-state index contributed by atoms with van der Waals surface area (Å²) in [5.74, 6) is 8.36. The highest BCUT2D eigenvalue weighted by Crippen LogP contribution is 2.26. The Labute approximate surface area is 116 Å². The molecule has 5 heteroatoms. The highest BCUT2D eigenvalue weighted by Gasteiger charge is 2.22. The second kappa shape index (κ2) is 6.70. The fourth-order valence-corrected chi connectivity index (χ4v) is 1.52. The first-order chi connectivity index (χ1) is 8.89. The lowest BCUT2D eigenvalue weighted by molar-refractivity contribution is 0.269.